The number of aromatic nitrogens is 3. The number of nitrogens with one attached hydrogen (secondary N) is 1. The van der Waals surface area contributed by atoms with Crippen LogP contribution >= 0.6 is 0 Å². The number of halogens is 1. The highest BCUT2D eigenvalue weighted by atomic mass is 19.1. The van der Waals surface area contributed by atoms with Crippen LogP contribution in [0.15, 0.2) is 29.4 Å². The van der Waals surface area contributed by atoms with Crippen LogP contribution in [0.2, 0.25) is 0 Å². The summed E-state index contributed by atoms with van der Waals surface area (Å²) in [7, 11) is 3.29. The van der Waals surface area contributed by atoms with E-state index in [2.05, 4.69) is 39.1 Å². The van der Waals surface area contributed by atoms with Crippen LogP contribution in [0.3, 0.4) is 0 Å². The Labute approximate surface area is 205 Å². The predicted octanol–water partition coefficient (Wildman–Crippen LogP) is 4.52. The Balaban J connectivity index is 1.45. The third-order valence-corrected chi connectivity index (χ3v) is 7.20. The first kappa shape index (κ1) is 23.7. The minimum Gasteiger partial charge on any atom is -0.479 e. The number of likely N-dealkylation sites (tertiary alicyclic amines) is 1. The molecule has 186 valence electrons. The summed E-state index contributed by atoms with van der Waals surface area (Å²) in [4.78, 5) is 11.5. The van der Waals surface area contributed by atoms with Crippen LogP contribution in [0, 0.1) is 11.7 Å². The minimum absolute atomic E-state index is 0.221. The molecule has 1 N–H and O–H groups in total. The van der Waals surface area contributed by atoms with Gasteiger partial charge in [0.2, 0.25) is 11.8 Å². The molecule has 35 heavy (non-hydrogen) atoms. The zero-order valence-corrected chi connectivity index (χ0v) is 20.8. The standard InChI is InChI=1S/C26H33FN6O2/c1-16-7-9-28-22-6-5-18(13-19(16)22)23-20(27)15-33-24(23)25(35-4)30-26(31-33)29-21-8-10-32(11-12-34-3)14-17(21)2/h5-6,9,13,15-17,21H,7-8,10-12,14H2,1-4H3,(H,29,31)/t16?,17-,21+/m1/s1. The first-order chi connectivity index (χ1) is 17.0. The number of fused-ring (bicyclic) bond motifs is 2. The second kappa shape index (κ2) is 9.91. The van der Waals surface area contributed by atoms with Gasteiger partial charge in [-0.15, -0.1) is 5.10 Å². The Kier molecular flexibility index (Phi) is 6.71. The zero-order valence-electron chi connectivity index (χ0n) is 20.8. The van der Waals surface area contributed by atoms with E-state index in [1.54, 1.807) is 14.2 Å². The number of nitrogens with zero attached hydrogens (tertiary/aromatic N) is 5. The summed E-state index contributed by atoms with van der Waals surface area (Å²) in [5.41, 5.74) is 3.79. The van der Waals surface area contributed by atoms with Crippen molar-refractivity contribution in [3.05, 3.63) is 35.8 Å². The molecular formula is C26H33FN6O2. The first-order valence-corrected chi connectivity index (χ1v) is 12.3. The van der Waals surface area contributed by atoms with Gasteiger partial charge in [0.25, 0.3) is 0 Å². The number of benzene rings is 1. The number of ether oxygens (including phenoxy) is 2. The summed E-state index contributed by atoms with van der Waals surface area (Å²) in [6.45, 7) is 8.01. The fraction of sp³-hybridized carbons (Fsp3) is 0.500. The quantitative estimate of drug-likeness (QED) is 0.536. The molecule has 5 rings (SSSR count). The molecule has 9 heteroatoms. The third kappa shape index (κ3) is 4.62. The minimum atomic E-state index is -0.360. The van der Waals surface area contributed by atoms with Gasteiger partial charge in [-0.25, -0.2) is 8.91 Å². The molecule has 0 amide bonds. The summed E-state index contributed by atoms with van der Waals surface area (Å²) in [5, 5.41) is 8.08. The molecule has 1 saturated heterocycles. The van der Waals surface area contributed by atoms with Gasteiger partial charge in [0.05, 0.1) is 31.2 Å². The van der Waals surface area contributed by atoms with Crippen LogP contribution < -0.4 is 10.1 Å². The van der Waals surface area contributed by atoms with Crippen molar-refractivity contribution in [2.24, 2.45) is 10.9 Å². The molecule has 0 spiro atoms. The molecule has 0 aliphatic carbocycles. The van der Waals surface area contributed by atoms with Gasteiger partial charge in [-0.05, 0) is 47.9 Å². The monoisotopic (exact) mass is 480 g/mol. The SMILES string of the molecule is COCCN1CC[C@H](Nc2nc(OC)c3c(-c4ccc5c(c4)C(C)CC=N5)c(F)cn3n2)[C@H](C)C1. The van der Waals surface area contributed by atoms with Crippen LogP contribution in [0.4, 0.5) is 16.0 Å². The number of hydrogen-bond donors (Lipinski definition) is 1. The Hall–Kier alpha value is -3.04. The lowest BCUT2D eigenvalue weighted by Crippen LogP contribution is -2.46. The molecule has 4 heterocycles. The van der Waals surface area contributed by atoms with Crippen molar-refractivity contribution in [3.8, 4) is 17.0 Å². The second-order valence-electron chi connectivity index (χ2n) is 9.62. The molecule has 1 fully saturated rings. The maximum absolute atomic E-state index is 15.3. The molecule has 2 aromatic heterocycles. The van der Waals surface area contributed by atoms with Crippen molar-refractivity contribution < 1.29 is 13.9 Å². The van der Waals surface area contributed by atoms with Crippen LogP contribution in [0.25, 0.3) is 16.6 Å². The number of hydrogen-bond acceptors (Lipinski definition) is 7. The average Bonchev–Trinajstić information content (AvgIpc) is 3.19. The highest BCUT2D eigenvalue weighted by molar-refractivity contribution is 5.86. The third-order valence-electron chi connectivity index (χ3n) is 7.20. The van der Waals surface area contributed by atoms with E-state index in [1.165, 1.54) is 10.7 Å². The summed E-state index contributed by atoms with van der Waals surface area (Å²) in [5.74, 6) is 1.16. The van der Waals surface area contributed by atoms with Crippen LogP contribution in [0.5, 0.6) is 5.88 Å². The number of piperidine rings is 1. The lowest BCUT2D eigenvalue weighted by Gasteiger charge is -2.37. The summed E-state index contributed by atoms with van der Waals surface area (Å²) < 4.78 is 27.7. The highest BCUT2D eigenvalue weighted by Gasteiger charge is 2.28. The largest absolute Gasteiger partial charge is 0.479 e. The van der Waals surface area contributed by atoms with Gasteiger partial charge in [0.1, 0.15) is 5.52 Å². The van der Waals surface area contributed by atoms with Crippen molar-refractivity contribution in [1.29, 1.82) is 0 Å². The normalized spacial score (nSPS) is 22.4. The molecular weight excluding hydrogens is 447 g/mol. The van der Waals surface area contributed by atoms with Crippen molar-refractivity contribution in [1.82, 2.24) is 19.5 Å². The second-order valence-corrected chi connectivity index (χ2v) is 9.62. The topological polar surface area (TPSA) is 76.3 Å². The number of methoxy groups -OCH3 is 2. The van der Waals surface area contributed by atoms with Crippen molar-refractivity contribution in [3.63, 3.8) is 0 Å². The number of anilines is 1. The number of aliphatic imine (C=N–C) groups is 1. The molecule has 0 bridgehead atoms. The molecule has 3 atom stereocenters. The molecule has 3 aromatic rings. The molecule has 0 radical (unpaired) electrons. The van der Waals surface area contributed by atoms with E-state index in [-0.39, 0.29) is 11.9 Å². The van der Waals surface area contributed by atoms with Gasteiger partial charge in [0, 0.05) is 39.0 Å². The fourth-order valence-electron chi connectivity index (χ4n) is 5.19. The Morgan fingerprint density at radius 1 is 1.23 bits per heavy atom. The van der Waals surface area contributed by atoms with E-state index in [1.807, 2.05) is 24.4 Å². The van der Waals surface area contributed by atoms with Gasteiger partial charge in [-0.3, -0.25) is 4.99 Å². The molecule has 1 aromatic carbocycles. The highest BCUT2D eigenvalue weighted by Crippen LogP contribution is 2.39. The lowest BCUT2D eigenvalue weighted by molar-refractivity contribution is 0.113. The van der Waals surface area contributed by atoms with E-state index in [0.29, 0.717) is 34.7 Å². The maximum atomic E-state index is 15.3. The predicted molar refractivity (Wildman–Crippen MR) is 136 cm³/mol. The van der Waals surface area contributed by atoms with Crippen molar-refractivity contribution in [2.45, 2.75) is 38.6 Å². The van der Waals surface area contributed by atoms with Crippen LogP contribution in [0.1, 0.15) is 38.2 Å². The van der Waals surface area contributed by atoms with Crippen molar-refractivity contribution >= 4 is 23.4 Å². The first-order valence-electron chi connectivity index (χ1n) is 12.3. The molecule has 2 aliphatic rings. The van der Waals surface area contributed by atoms with E-state index < -0.39 is 0 Å². The van der Waals surface area contributed by atoms with Gasteiger partial charge >= 0.3 is 0 Å². The van der Waals surface area contributed by atoms with E-state index in [4.69, 9.17) is 9.47 Å². The van der Waals surface area contributed by atoms with Crippen LogP contribution in [-0.2, 0) is 4.74 Å². The molecule has 8 nitrogen and oxygen atoms in total. The molecule has 1 unspecified atom stereocenters. The Bertz CT molecular complexity index is 1240. The van der Waals surface area contributed by atoms with Crippen LogP contribution in [-0.4, -0.2) is 72.2 Å². The number of rotatable bonds is 7. The Morgan fingerprint density at radius 2 is 2.09 bits per heavy atom. The summed E-state index contributed by atoms with van der Waals surface area (Å²) in [6, 6.07) is 6.10. The average molecular weight is 481 g/mol. The van der Waals surface area contributed by atoms with Gasteiger partial charge in [0.15, 0.2) is 5.82 Å². The Morgan fingerprint density at radius 3 is 2.86 bits per heavy atom. The summed E-state index contributed by atoms with van der Waals surface area (Å²) >= 11 is 0. The van der Waals surface area contributed by atoms with Gasteiger partial charge in [-0.2, -0.15) is 4.98 Å². The summed E-state index contributed by atoms with van der Waals surface area (Å²) in [6.07, 6.45) is 5.19. The van der Waals surface area contributed by atoms with Gasteiger partial charge < -0.3 is 19.7 Å². The van der Waals surface area contributed by atoms with E-state index in [9.17, 15) is 0 Å². The van der Waals surface area contributed by atoms with E-state index >= 15 is 4.39 Å². The fourth-order valence-corrected chi connectivity index (χ4v) is 5.19. The zero-order chi connectivity index (χ0) is 24.5. The van der Waals surface area contributed by atoms with Gasteiger partial charge in [-0.1, -0.05) is 19.9 Å². The smallest absolute Gasteiger partial charge is 0.244 e. The van der Waals surface area contributed by atoms with Crippen molar-refractivity contribution in [2.75, 3.05) is 45.8 Å². The maximum Gasteiger partial charge on any atom is 0.244 e. The van der Waals surface area contributed by atoms with E-state index in [0.717, 1.165) is 55.9 Å². The molecule has 2 aliphatic heterocycles. The molecule has 0 saturated carbocycles. The lowest BCUT2D eigenvalue weighted by atomic mass is 9.91.